The predicted octanol–water partition coefficient (Wildman–Crippen LogP) is 13.3. The summed E-state index contributed by atoms with van der Waals surface area (Å²) in [6.45, 7) is 3.59. The largest absolute Gasteiger partial charge is 0.472 e. The van der Waals surface area contributed by atoms with Crippen molar-refractivity contribution in [2.24, 2.45) is 5.73 Å². The first kappa shape index (κ1) is 54.7. The van der Waals surface area contributed by atoms with Crippen LogP contribution in [-0.2, 0) is 32.7 Å². The minimum absolute atomic E-state index is 0.0472. The average Bonchev–Trinajstić information content (AvgIpc) is 3.20. The number of nitrogens with two attached hydrogens (primary N) is 1. The van der Waals surface area contributed by atoms with Gasteiger partial charge in [-0.2, -0.15) is 0 Å². The third kappa shape index (κ3) is 43.1. The molecule has 0 aromatic carbocycles. The minimum Gasteiger partial charge on any atom is -0.462 e. The van der Waals surface area contributed by atoms with Gasteiger partial charge in [0.15, 0.2) is 6.10 Å². The monoisotopic (exact) mass is 822 g/mol. The van der Waals surface area contributed by atoms with Crippen molar-refractivity contribution in [3.63, 3.8) is 0 Å². The summed E-state index contributed by atoms with van der Waals surface area (Å²) in [5.41, 5.74) is 5.35. The fourth-order valence-corrected chi connectivity index (χ4v) is 6.80. The normalized spacial score (nSPS) is 13.8. The van der Waals surface area contributed by atoms with Crippen LogP contribution in [0.1, 0.15) is 194 Å². The zero-order chi connectivity index (χ0) is 41.8. The average molecular weight is 822 g/mol. The van der Waals surface area contributed by atoms with E-state index in [1.165, 1.54) is 83.5 Å². The smallest absolute Gasteiger partial charge is 0.462 e. The van der Waals surface area contributed by atoms with Gasteiger partial charge in [0.2, 0.25) is 0 Å². The quantitative estimate of drug-likeness (QED) is 0.0267. The number of hydrogen-bond donors (Lipinski definition) is 2. The third-order valence-corrected chi connectivity index (χ3v) is 10.4. The molecule has 0 saturated heterocycles. The van der Waals surface area contributed by atoms with E-state index in [1.807, 2.05) is 0 Å². The maximum atomic E-state index is 12.6. The summed E-state index contributed by atoms with van der Waals surface area (Å²) < 4.78 is 32.8. The van der Waals surface area contributed by atoms with Gasteiger partial charge in [0, 0.05) is 19.4 Å². The lowest BCUT2D eigenvalue weighted by Gasteiger charge is -2.19. The van der Waals surface area contributed by atoms with Crippen LogP contribution >= 0.6 is 7.82 Å². The molecule has 10 heteroatoms. The van der Waals surface area contributed by atoms with E-state index in [0.29, 0.717) is 12.8 Å². The molecule has 0 aromatic heterocycles. The van der Waals surface area contributed by atoms with Crippen LogP contribution in [0.15, 0.2) is 60.8 Å². The van der Waals surface area contributed by atoms with Gasteiger partial charge in [0.05, 0.1) is 13.2 Å². The Morgan fingerprint density at radius 2 is 0.965 bits per heavy atom. The van der Waals surface area contributed by atoms with Crippen molar-refractivity contribution in [2.45, 2.75) is 200 Å². The summed E-state index contributed by atoms with van der Waals surface area (Å²) in [5, 5.41) is 0. The minimum atomic E-state index is -4.39. The number of hydrogen-bond acceptors (Lipinski definition) is 8. The van der Waals surface area contributed by atoms with Crippen LogP contribution in [0.4, 0.5) is 0 Å². The molecule has 3 N–H and O–H groups in total. The van der Waals surface area contributed by atoms with E-state index in [1.54, 1.807) is 0 Å². The third-order valence-electron chi connectivity index (χ3n) is 9.39. The maximum Gasteiger partial charge on any atom is 0.472 e. The van der Waals surface area contributed by atoms with Crippen molar-refractivity contribution >= 4 is 19.8 Å². The van der Waals surface area contributed by atoms with E-state index in [2.05, 4.69) is 74.6 Å². The Morgan fingerprint density at radius 1 is 0.544 bits per heavy atom. The van der Waals surface area contributed by atoms with Gasteiger partial charge in [-0.3, -0.25) is 18.6 Å². The highest BCUT2D eigenvalue weighted by atomic mass is 31.2. The second kappa shape index (κ2) is 43.3. The van der Waals surface area contributed by atoms with Gasteiger partial charge in [-0.25, -0.2) is 4.57 Å². The molecule has 9 nitrogen and oxygen atoms in total. The van der Waals surface area contributed by atoms with Crippen molar-refractivity contribution in [1.82, 2.24) is 0 Å². The van der Waals surface area contributed by atoms with E-state index >= 15 is 0 Å². The second-order valence-electron chi connectivity index (χ2n) is 14.9. The summed E-state index contributed by atoms with van der Waals surface area (Å²) in [7, 11) is -4.39. The van der Waals surface area contributed by atoms with Crippen molar-refractivity contribution in [1.29, 1.82) is 0 Å². The lowest BCUT2D eigenvalue weighted by molar-refractivity contribution is -0.161. The molecular formula is C47H84NO8P. The van der Waals surface area contributed by atoms with E-state index in [0.717, 1.165) is 70.6 Å². The predicted molar refractivity (Wildman–Crippen MR) is 238 cm³/mol. The number of carbonyl (C=O) groups excluding carboxylic acids is 2. The van der Waals surface area contributed by atoms with Crippen LogP contribution < -0.4 is 5.73 Å². The number of carbonyl (C=O) groups is 2. The number of phosphoric ester groups is 1. The SMILES string of the molecule is CCC=CCC=CCC=CCC=CCCCCCCC(=O)OCC(COP(=O)(O)OCCN)OC(=O)CCCCCCCCCCCC=CCCCCCCCC. The van der Waals surface area contributed by atoms with E-state index in [9.17, 15) is 19.0 Å². The first-order valence-corrected chi connectivity index (χ1v) is 24.3. The summed E-state index contributed by atoms with van der Waals surface area (Å²) in [6.07, 6.45) is 51.1. The Labute approximate surface area is 349 Å². The molecule has 0 fully saturated rings. The first-order chi connectivity index (χ1) is 27.8. The molecule has 0 heterocycles. The van der Waals surface area contributed by atoms with Gasteiger partial charge in [0.1, 0.15) is 6.61 Å². The molecular weight excluding hydrogens is 737 g/mol. The summed E-state index contributed by atoms with van der Waals surface area (Å²) in [6, 6.07) is 0. The van der Waals surface area contributed by atoms with Gasteiger partial charge < -0.3 is 20.1 Å². The highest BCUT2D eigenvalue weighted by Gasteiger charge is 2.26. The fraction of sp³-hybridized carbons (Fsp3) is 0.745. The van der Waals surface area contributed by atoms with Gasteiger partial charge >= 0.3 is 19.8 Å². The van der Waals surface area contributed by atoms with Crippen LogP contribution in [0.25, 0.3) is 0 Å². The molecule has 330 valence electrons. The molecule has 0 aliphatic rings. The van der Waals surface area contributed by atoms with E-state index in [-0.39, 0.29) is 32.6 Å². The molecule has 0 bridgehead atoms. The van der Waals surface area contributed by atoms with E-state index < -0.39 is 32.5 Å². The summed E-state index contributed by atoms with van der Waals surface area (Å²) in [5.74, 6) is -0.859. The summed E-state index contributed by atoms with van der Waals surface area (Å²) >= 11 is 0. The number of allylic oxidation sites excluding steroid dienone is 10. The van der Waals surface area contributed by atoms with Gasteiger partial charge in [0.25, 0.3) is 0 Å². The Hall–Kier alpha value is -2.29. The van der Waals surface area contributed by atoms with Crippen molar-refractivity contribution in [3.05, 3.63) is 60.8 Å². The second-order valence-corrected chi connectivity index (χ2v) is 16.3. The van der Waals surface area contributed by atoms with E-state index in [4.69, 9.17) is 24.3 Å². The molecule has 0 aliphatic heterocycles. The van der Waals surface area contributed by atoms with Crippen molar-refractivity contribution in [3.8, 4) is 0 Å². The highest BCUT2D eigenvalue weighted by molar-refractivity contribution is 7.47. The number of esters is 2. The number of rotatable bonds is 42. The Morgan fingerprint density at radius 3 is 1.46 bits per heavy atom. The molecule has 0 aliphatic carbocycles. The van der Waals surface area contributed by atoms with Crippen molar-refractivity contribution < 1.29 is 37.6 Å². The lowest BCUT2D eigenvalue weighted by Crippen LogP contribution is -2.29. The van der Waals surface area contributed by atoms with Crippen LogP contribution in [0, 0.1) is 0 Å². The highest BCUT2D eigenvalue weighted by Crippen LogP contribution is 2.43. The molecule has 2 unspecified atom stereocenters. The van der Waals surface area contributed by atoms with Crippen LogP contribution in [0.3, 0.4) is 0 Å². The fourth-order valence-electron chi connectivity index (χ4n) is 6.03. The molecule has 0 spiro atoms. The molecule has 0 saturated carbocycles. The van der Waals surface area contributed by atoms with Crippen LogP contribution in [0.2, 0.25) is 0 Å². The maximum absolute atomic E-state index is 12.6. The standard InChI is InChI=1S/C47H84NO8P/c1-3-5-7-9-11-13-15-17-19-21-22-24-26-28-30-32-34-36-38-40-47(50)56-45(44-55-57(51,52)54-42-41-48)43-53-46(49)39-37-35-33-31-29-27-25-23-20-18-16-14-12-10-8-6-4-2/h6,8,12,14,17-20,25,27,45H,3-5,7,9-11,13,15-16,21-24,26,28-44,48H2,1-2H3,(H,51,52). The molecule has 0 rings (SSSR count). The van der Waals surface area contributed by atoms with Gasteiger partial charge in [-0.1, -0.05) is 164 Å². The van der Waals surface area contributed by atoms with Crippen LogP contribution in [-0.4, -0.2) is 49.3 Å². The Bertz CT molecular complexity index is 1120. The molecule has 0 radical (unpaired) electrons. The van der Waals surface area contributed by atoms with Gasteiger partial charge in [-0.05, 0) is 77.0 Å². The Balaban J connectivity index is 4.16. The zero-order valence-electron chi connectivity index (χ0n) is 36.3. The molecule has 2 atom stereocenters. The Kier molecular flexibility index (Phi) is 41.6. The summed E-state index contributed by atoms with van der Waals surface area (Å²) in [4.78, 5) is 34.9. The van der Waals surface area contributed by atoms with Crippen LogP contribution in [0.5, 0.6) is 0 Å². The number of unbranched alkanes of at least 4 members (excludes halogenated alkanes) is 19. The topological polar surface area (TPSA) is 134 Å². The first-order valence-electron chi connectivity index (χ1n) is 22.8. The molecule has 0 aromatic rings. The number of phosphoric acid groups is 1. The number of ether oxygens (including phenoxy) is 2. The molecule has 0 amide bonds. The lowest BCUT2D eigenvalue weighted by atomic mass is 10.1. The molecule has 57 heavy (non-hydrogen) atoms. The zero-order valence-corrected chi connectivity index (χ0v) is 37.2. The van der Waals surface area contributed by atoms with Crippen molar-refractivity contribution in [2.75, 3.05) is 26.4 Å². The van der Waals surface area contributed by atoms with Gasteiger partial charge in [-0.15, -0.1) is 0 Å².